The van der Waals surface area contributed by atoms with Crippen molar-refractivity contribution in [2.45, 2.75) is 50.2 Å². The van der Waals surface area contributed by atoms with E-state index in [4.69, 9.17) is 10.8 Å². The van der Waals surface area contributed by atoms with Crippen molar-refractivity contribution < 1.29 is 34.2 Å². The number of carbonyl (C=O) groups is 5. The second-order valence-electron chi connectivity index (χ2n) is 7.76. The van der Waals surface area contributed by atoms with Gasteiger partial charge in [-0.25, -0.2) is 0 Å². The number of primary amides is 1. The molecule has 180 valence electrons. The Bertz CT molecular complexity index is 868. The van der Waals surface area contributed by atoms with E-state index >= 15 is 0 Å². The van der Waals surface area contributed by atoms with Crippen molar-refractivity contribution >= 4 is 29.6 Å². The molecular formula is C21H29N5O7. The lowest BCUT2D eigenvalue weighted by Crippen LogP contribution is -2.56. The number of aliphatic carboxylic acids is 1. The third kappa shape index (κ3) is 8.77. The number of hydrogen-bond donors (Lipinski definition) is 7. The zero-order valence-electron chi connectivity index (χ0n) is 18.0. The van der Waals surface area contributed by atoms with Gasteiger partial charge in [-0.2, -0.15) is 0 Å². The SMILES string of the molecule is NC(=O)CCC(NC(=O)C(Cc1ccc(O)cc1)NC(=O)C1CCCN1)C(=O)NCC(=O)O. The van der Waals surface area contributed by atoms with Crippen LogP contribution in [0.3, 0.4) is 0 Å². The highest BCUT2D eigenvalue weighted by molar-refractivity contribution is 5.94. The first-order valence-corrected chi connectivity index (χ1v) is 10.6. The van der Waals surface area contributed by atoms with Crippen LogP contribution in [0.15, 0.2) is 24.3 Å². The van der Waals surface area contributed by atoms with Gasteiger partial charge in [0.25, 0.3) is 0 Å². The van der Waals surface area contributed by atoms with Gasteiger partial charge in [0.2, 0.25) is 23.6 Å². The Balaban J connectivity index is 2.15. The number of amides is 4. The molecule has 1 aromatic carbocycles. The van der Waals surface area contributed by atoms with Crippen LogP contribution in [0.2, 0.25) is 0 Å². The lowest BCUT2D eigenvalue weighted by Gasteiger charge is -2.24. The number of carboxylic acids is 1. The largest absolute Gasteiger partial charge is 0.508 e. The molecule has 0 radical (unpaired) electrons. The Morgan fingerprint density at radius 3 is 2.33 bits per heavy atom. The Morgan fingerprint density at radius 1 is 1.06 bits per heavy atom. The van der Waals surface area contributed by atoms with Gasteiger partial charge in [0.1, 0.15) is 24.4 Å². The number of aromatic hydroxyl groups is 1. The van der Waals surface area contributed by atoms with Crippen LogP contribution < -0.4 is 27.0 Å². The summed E-state index contributed by atoms with van der Waals surface area (Å²) in [5.74, 6) is -3.77. The molecule has 1 aromatic rings. The van der Waals surface area contributed by atoms with Gasteiger partial charge in [0.15, 0.2) is 0 Å². The van der Waals surface area contributed by atoms with Gasteiger partial charge in [0, 0.05) is 12.8 Å². The summed E-state index contributed by atoms with van der Waals surface area (Å²) in [5, 5.41) is 28.6. The van der Waals surface area contributed by atoms with E-state index in [-0.39, 0.29) is 30.9 Å². The molecule has 2 rings (SSSR count). The topological polar surface area (TPSA) is 200 Å². The molecule has 3 atom stereocenters. The monoisotopic (exact) mass is 463 g/mol. The molecule has 12 nitrogen and oxygen atoms in total. The summed E-state index contributed by atoms with van der Waals surface area (Å²) in [6, 6.07) is 3.35. The van der Waals surface area contributed by atoms with Crippen molar-refractivity contribution in [2.75, 3.05) is 13.1 Å². The van der Waals surface area contributed by atoms with Crippen molar-refractivity contribution in [3.8, 4) is 5.75 Å². The minimum atomic E-state index is -1.27. The Morgan fingerprint density at radius 2 is 1.76 bits per heavy atom. The van der Waals surface area contributed by atoms with Crippen LogP contribution in [-0.2, 0) is 30.4 Å². The van der Waals surface area contributed by atoms with Crippen molar-refractivity contribution in [2.24, 2.45) is 5.73 Å². The maximum Gasteiger partial charge on any atom is 0.322 e. The van der Waals surface area contributed by atoms with Gasteiger partial charge in [-0.1, -0.05) is 12.1 Å². The minimum absolute atomic E-state index is 0.0422. The smallest absolute Gasteiger partial charge is 0.322 e. The maximum atomic E-state index is 13.1. The molecule has 8 N–H and O–H groups in total. The highest BCUT2D eigenvalue weighted by Crippen LogP contribution is 2.13. The maximum absolute atomic E-state index is 13.1. The van der Waals surface area contributed by atoms with E-state index in [1.165, 1.54) is 12.1 Å². The fourth-order valence-electron chi connectivity index (χ4n) is 3.37. The van der Waals surface area contributed by atoms with Crippen molar-refractivity contribution in [3.63, 3.8) is 0 Å². The number of nitrogens with one attached hydrogen (secondary N) is 4. The number of hydrogen-bond acceptors (Lipinski definition) is 7. The molecule has 0 spiro atoms. The highest BCUT2D eigenvalue weighted by atomic mass is 16.4. The number of phenolic OH excluding ortho intramolecular Hbond substituents is 1. The third-order valence-electron chi connectivity index (χ3n) is 5.11. The van der Waals surface area contributed by atoms with Crippen LogP contribution in [0.1, 0.15) is 31.2 Å². The van der Waals surface area contributed by atoms with E-state index in [1.54, 1.807) is 12.1 Å². The molecule has 1 aliphatic heterocycles. The fourth-order valence-corrected chi connectivity index (χ4v) is 3.37. The van der Waals surface area contributed by atoms with Gasteiger partial charge >= 0.3 is 5.97 Å². The number of benzene rings is 1. The van der Waals surface area contributed by atoms with E-state index in [1.807, 2.05) is 0 Å². The first-order valence-electron chi connectivity index (χ1n) is 10.6. The van der Waals surface area contributed by atoms with Crippen LogP contribution in [0.5, 0.6) is 5.75 Å². The molecular weight excluding hydrogens is 434 g/mol. The fraction of sp³-hybridized carbons (Fsp3) is 0.476. The van der Waals surface area contributed by atoms with Crippen LogP contribution in [0, 0.1) is 0 Å². The van der Waals surface area contributed by atoms with E-state index in [9.17, 15) is 29.1 Å². The van der Waals surface area contributed by atoms with E-state index in [0.717, 1.165) is 6.42 Å². The predicted molar refractivity (Wildman–Crippen MR) is 116 cm³/mol. The standard InChI is InChI=1S/C21H29N5O7/c22-17(28)8-7-15(19(31)24-11-18(29)30)25-21(33)16(10-12-3-5-13(27)6-4-12)26-20(32)14-2-1-9-23-14/h3-6,14-16,23,27H,1-2,7-11H2,(H2,22,28)(H,24,31)(H,25,33)(H,26,32)(H,29,30). The molecule has 0 bridgehead atoms. The molecule has 1 aliphatic rings. The Hall–Kier alpha value is -3.67. The van der Waals surface area contributed by atoms with Crippen molar-refractivity contribution in [3.05, 3.63) is 29.8 Å². The second-order valence-corrected chi connectivity index (χ2v) is 7.76. The van der Waals surface area contributed by atoms with Gasteiger partial charge in [-0.05, 0) is 43.5 Å². The minimum Gasteiger partial charge on any atom is -0.508 e. The normalized spacial score (nSPS) is 16.9. The number of carbonyl (C=O) groups excluding carboxylic acids is 4. The average Bonchev–Trinajstić information content (AvgIpc) is 3.30. The molecule has 1 saturated heterocycles. The number of phenols is 1. The molecule has 0 aromatic heterocycles. The van der Waals surface area contributed by atoms with Crippen LogP contribution in [0.4, 0.5) is 0 Å². The number of rotatable bonds is 12. The van der Waals surface area contributed by atoms with Gasteiger partial charge in [-0.15, -0.1) is 0 Å². The summed E-state index contributed by atoms with van der Waals surface area (Å²) in [5.41, 5.74) is 5.79. The lowest BCUT2D eigenvalue weighted by atomic mass is 10.0. The average molecular weight is 463 g/mol. The molecule has 1 heterocycles. The second kappa shape index (κ2) is 12.4. The third-order valence-corrected chi connectivity index (χ3v) is 5.11. The van der Waals surface area contributed by atoms with Crippen LogP contribution >= 0.6 is 0 Å². The first kappa shape index (κ1) is 25.6. The molecule has 0 aliphatic carbocycles. The van der Waals surface area contributed by atoms with E-state index in [0.29, 0.717) is 18.5 Å². The number of nitrogens with two attached hydrogens (primary N) is 1. The molecule has 3 unspecified atom stereocenters. The highest BCUT2D eigenvalue weighted by Gasteiger charge is 2.30. The van der Waals surface area contributed by atoms with Crippen LogP contribution in [-0.4, -0.2) is 71.0 Å². The summed E-state index contributed by atoms with van der Waals surface area (Å²) in [7, 11) is 0. The molecule has 12 heteroatoms. The van der Waals surface area contributed by atoms with Gasteiger partial charge in [0.05, 0.1) is 6.04 Å². The Labute approximate surface area is 190 Å². The summed E-state index contributed by atoms with van der Waals surface area (Å²) >= 11 is 0. The quantitative estimate of drug-likeness (QED) is 0.187. The van der Waals surface area contributed by atoms with Crippen LogP contribution in [0.25, 0.3) is 0 Å². The molecule has 4 amide bonds. The van der Waals surface area contributed by atoms with Gasteiger partial charge in [-0.3, -0.25) is 24.0 Å². The zero-order valence-corrected chi connectivity index (χ0v) is 18.0. The zero-order chi connectivity index (χ0) is 24.4. The summed E-state index contributed by atoms with van der Waals surface area (Å²) in [6.07, 6.45) is 1.16. The van der Waals surface area contributed by atoms with Crippen molar-refractivity contribution in [1.29, 1.82) is 0 Å². The molecule has 0 saturated carbocycles. The van der Waals surface area contributed by atoms with Gasteiger partial charge < -0.3 is 37.2 Å². The molecule has 33 heavy (non-hydrogen) atoms. The first-order chi connectivity index (χ1) is 15.7. The summed E-state index contributed by atoms with van der Waals surface area (Å²) in [6.45, 7) is 0.0225. The lowest BCUT2D eigenvalue weighted by molar-refractivity contribution is -0.138. The predicted octanol–water partition coefficient (Wildman–Crippen LogP) is -1.88. The summed E-state index contributed by atoms with van der Waals surface area (Å²) in [4.78, 5) is 60.0. The van der Waals surface area contributed by atoms with E-state index < -0.39 is 48.4 Å². The summed E-state index contributed by atoms with van der Waals surface area (Å²) < 4.78 is 0. The van der Waals surface area contributed by atoms with Crippen molar-refractivity contribution in [1.82, 2.24) is 21.3 Å². The number of carboxylic acid groups (broad SMARTS) is 1. The van der Waals surface area contributed by atoms with E-state index in [2.05, 4.69) is 21.3 Å². The Kier molecular flexibility index (Phi) is 9.61. The molecule has 1 fully saturated rings.